The van der Waals surface area contributed by atoms with E-state index in [4.69, 9.17) is 5.26 Å². The quantitative estimate of drug-likeness (QED) is 0.800. The van der Waals surface area contributed by atoms with E-state index in [9.17, 15) is 4.79 Å². The van der Waals surface area contributed by atoms with E-state index in [1.165, 1.54) is 16.7 Å². The van der Waals surface area contributed by atoms with Crippen molar-refractivity contribution in [1.82, 2.24) is 4.90 Å². The van der Waals surface area contributed by atoms with Gasteiger partial charge in [0.2, 0.25) is 5.91 Å². The molecule has 1 aromatic rings. The van der Waals surface area contributed by atoms with Crippen LogP contribution in [0.4, 0.5) is 0 Å². The third-order valence-electron chi connectivity index (χ3n) is 3.02. The Morgan fingerprint density at radius 2 is 1.82 bits per heavy atom. The molecular weight excluding hydrogens is 212 g/mol. The Balaban J connectivity index is 2.86. The van der Waals surface area contributed by atoms with Crippen molar-refractivity contribution in [3.8, 4) is 6.07 Å². The molecule has 0 fully saturated rings. The number of amides is 1. The minimum absolute atomic E-state index is 0.0552. The number of hydrogen-bond donors (Lipinski definition) is 0. The third kappa shape index (κ3) is 3.32. The zero-order valence-electron chi connectivity index (χ0n) is 10.9. The summed E-state index contributed by atoms with van der Waals surface area (Å²) in [5.74, 6) is -0.134. The van der Waals surface area contributed by atoms with Gasteiger partial charge in [0.1, 0.15) is 6.42 Å². The van der Waals surface area contributed by atoms with Gasteiger partial charge >= 0.3 is 0 Å². The lowest BCUT2D eigenvalue weighted by Gasteiger charge is -2.18. The standard InChI is InChI=1S/C14H18N2O/c1-10-7-12(3)13(8-11(10)2)9-16(4)14(17)5-6-15/h7-8H,5,9H2,1-4H3. The van der Waals surface area contributed by atoms with Crippen LogP contribution < -0.4 is 0 Å². The fourth-order valence-electron chi connectivity index (χ4n) is 1.74. The Kier molecular flexibility index (Phi) is 4.28. The molecule has 0 aromatic heterocycles. The first kappa shape index (κ1) is 13.2. The molecule has 0 N–H and O–H groups in total. The summed E-state index contributed by atoms with van der Waals surface area (Å²) in [6.45, 7) is 6.75. The molecule has 0 unspecified atom stereocenters. The number of nitriles is 1. The van der Waals surface area contributed by atoms with E-state index < -0.39 is 0 Å². The van der Waals surface area contributed by atoms with Crippen LogP contribution in [0.3, 0.4) is 0 Å². The molecule has 1 aromatic carbocycles. The maximum Gasteiger partial charge on any atom is 0.236 e. The predicted molar refractivity (Wildman–Crippen MR) is 67.4 cm³/mol. The van der Waals surface area contributed by atoms with Gasteiger partial charge in [-0.1, -0.05) is 12.1 Å². The molecule has 0 aliphatic carbocycles. The largest absolute Gasteiger partial charge is 0.341 e. The molecule has 0 aliphatic rings. The number of benzene rings is 1. The third-order valence-corrected chi connectivity index (χ3v) is 3.02. The molecule has 0 heterocycles. The van der Waals surface area contributed by atoms with E-state index in [-0.39, 0.29) is 12.3 Å². The normalized spacial score (nSPS) is 9.82. The van der Waals surface area contributed by atoms with Gasteiger partial charge in [-0.05, 0) is 43.0 Å². The Morgan fingerprint density at radius 3 is 2.41 bits per heavy atom. The number of hydrogen-bond acceptors (Lipinski definition) is 2. The second kappa shape index (κ2) is 5.49. The van der Waals surface area contributed by atoms with Gasteiger partial charge in [-0.15, -0.1) is 0 Å². The maximum absolute atomic E-state index is 11.5. The molecule has 0 bridgehead atoms. The highest BCUT2D eigenvalue weighted by Crippen LogP contribution is 2.16. The molecular formula is C14H18N2O. The second-order valence-corrected chi connectivity index (χ2v) is 4.45. The summed E-state index contributed by atoms with van der Waals surface area (Å²) in [4.78, 5) is 13.1. The first-order valence-electron chi connectivity index (χ1n) is 5.63. The number of carbonyl (C=O) groups is 1. The molecule has 1 rings (SSSR count). The number of carbonyl (C=O) groups excluding carboxylic acids is 1. The summed E-state index contributed by atoms with van der Waals surface area (Å²) in [5, 5.41) is 8.49. The van der Waals surface area contributed by atoms with Gasteiger partial charge < -0.3 is 4.90 Å². The van der Waals surface area contributed by atoms with Crippen LogP contribution in [0.25, 0.3) is 0 Å². The monoisotopic (exact) mass is 230 g/mol. The number of nitrogens with zero attached hydrogens (tertiary/aromatic N) is 2. The molecule has 0 saturated heterocycles. The first-order chi connectivity index (χ1) is 7.95. The van der Waals surface area contributed by atoms with E-state index >= 15 is 0 Å². The summed E-state index contributed by atoms with van der Waals surface area (Å²) >= 11 is 0. The number of aryl methyl sites for hydroxylation is 3. The van der Waals surface area contributed by atoms with Crippen molar-refractivity contribution in [2.75, 3.05) is 7.05 Å². The van der Waals surface area contributed by atoms with Crippen molar-refractivity contribution in [1.29, 1.82) is 5.26 Å². The van der Waals surface area contributed by atoms with Crippen molar-refractivity contribution in [3.63, 3.8) is 0 Å². The van der Waals surface area contributed by atoms with Crippen molar-refractivity contribution in [3.05, 3.63) is 34.4 Å². The van der Waals surface area contributed by atoms with Crippen molar-refractivity contribution in [2.24, 2.45) is 0 Å². The van der Waals surface area contributed by atoms with Crippen LogP contribution in [0, 0.1) is 32.1 Å². The van der Waals surface area contributed by atoms with E-state index in [1.807, 2.05) is 13.0 Å². The molecule has 17 heavy (non-hydrogen) atoms. The van der Waals surface area contributed by atoms with Crippen molar-refractivity contribution >= 4 is 5.91 Å². The molecule has 0 saturated carbocycles. The molecule has 0 aliphatic heterocycles. The average molecular weight is 230 g/mol. The fourth-order valence-corrected chi connectivity index (χ4v) is 1.74. The van der Waals surface area contributed by atoms with Gasteiger partial charge in [0.15, 0.2) is 0 Å². The summed E-state index contributed by atoms with van der Waals surface area (Å²) in [7, 11) is 1.73. The van der Waals surface area contributed by atoms with Crippen LogP contribution in [0.1, 0.15) is 28.7 Å². The average Bonchev–Trinajstić information content (AvgIpc) is 2.26. The maximum atomic E-state index is 11.5. The van der Waals surface area contributed by atoms with Gasteiger partial charge in [0.25, 0.3) is 0 Å². The van der Waals surface area contributed by atoms with Crippen LogP contribution in [0.2, 0.25) is 0 Å². The predicted octanol–water partition coefficient (Wildman–Crippen LogP) is 2.48. The molecule has 3 nitrogen and oxygen atoms in total. The van der Waals surface area contributed by atoms with Gasteiger partial charge in [0.05, 0.1) is 6.07 Å². The highest BCUT2D eigenvalue weighted by Gasteiger charge is 2.10. The van der Waals surface area contributed by atoms with Crippen LogP contribution in [0.15, 0.2) is 12.1 Å². The van der Waals surface area contributed by atoms with Crippen molar-refractivity contribution in [2.45, 2.75) is 33.7 Å². The zero-order valence-corrected chi connectivity index (χ0v) is 10.9. The Bertz CT molecular complexity index is 472. The van der Waals surface area contributed by atoms with Crippen LogP contribution in [-0.4, -0.2) is 17.9 Å². The molecule has 0 atom stereocenters. The minimum atomic E-state index is -0.134. The molecule has 0 radical (unpaired) electrons. The SMILES string of the molecule is Cc1cc(C)c(CN(C)C(=O)CC#N)cc1C. The highest BCUT2D eigenvalue weighted by molar-refractivity contribution is 5.77. The first-order valence-corrected chi connectivity index (χ1v) is 5.63. The smallest absolute Gasteiger partial charge is 0.236 e. The van der Waals surface area contributed by atoms with Gasteiger partial charge in [-0.25, -0.2) is 0 Å². The van der Waals surface area contributed by atoms with Crippen LogP contribution in [-0.2, 0) is 11.3 Å². The summed E-state index contributed by atoms with van der Waals surface area (Å²) in [6, 6.07) is 6.12. The fraction of sp³-hybridized carbons (Fsp3) is 0.429. The van der Waals surface area contributed by atoms with Crippen LogP contribution in [0.5, 0.6) is 0 Å². The number of rotatable bonds is 3. The molecule has 3 heteroatoms. The molecule has 1 amide bonds. The van der Waals surface area contributed by atoms with E-state index in [2.05, 4.69) is 26.0 Å². The lowest BCUT2D eigenvalue weighted by atomic mass is 10.0. The Labute approximate surface area is 103 Å². The summed E-state index contributed by atoms with van der Waals surface area (Å²) in [6.07, 6.45) is -0.0552. The molecule has 0 spiro atoms. The summed E-state index contributed by atoms with van der Waals surface area (Å²) < 4.78 is 0. The minimum Gasteiger partial charge on any atom is -0.341 e. The summed E-state index contributed by atoms with van der Waals surface area (Å²) in [5.41, 5.74) is 4.82. The van der Waals surface area contributed by atoms with E-state index in [0.717, 1.165) is 5.56 Å². The Hall–Kier alpha value is -1.82. The lowest BCUT2D eigenvalue weighted by molar-refractivity contribution is -0.129. The van der Waals surface area contributed by atoms with E-state index in [0.29, 0.717) is 6.54 Å². The topological polar surface area (TPSA) is 44.1 Å². The van der Waals surface area contributed by atoms with E-state index in [1.54, 1.807) is 11.9 Å². The van der Waals surface area contributed by atoms with Crippen molar-refractivity contribution < 1.29 is 4.79 Å². The Morgan fingerprint density at radius 1 is 1.24 bits per heavy atom. The van der Waals surface area contributed by atoms with Gasteiger partial charge in [-0.3, -0.25) is 4.79 Å². The van der Waals surface area contributed by atoms with Gasteiger partial charge in [0, 0.05) is 13.6 Å². The van der Waals surface area contributed by atoms with Crippen LogP contribution >= 0.6 is 0 Å². The van der Waals surface area contributed by atoms with Gasteiger partial charge in [-0.2, -0.15) is 5.26 Å². The second-order valence-electron chi connectivity index (χ2n) is 4.45. The lowest BCUT2D eigenvalue weighted by Crippen LogP contribution is -2.25. The zero-order chi connectivity index (χ0) is 13.0. The molecule has 90 valence electrons. The highest BCUT2D eigenvalue weighted by atomic mass is 16.2.